The molecular weight excluding hydrogens is 460 g/mol. The highest BCUT2D eigenvalue weighted by Crippen LogP contribution is 2.25. The molecule has 9 nitrogen and oxygen atoms in total. The fourth-order valence-electron chi connectivity index (χ4n) is 3.69. The number of sulfonamides is 1. The third-order valence-electron chi connectivity index (χ3n) is 5.69. The van der Waals surface area contributed by atoms with E-state index in [4.69, 9.17) is 13.9 Å². The first kappa shape index (κ1) is 23.9. The molecule has 3 aromatic rings. The van der Waals surface area contributed by atoms with E-state index in [9.17, 15) is 18.0 Å². The van der Waals surface area contributed by atoms with Crippen molar-refractivity contribution in [2.45, 2.75) is 25.2 Å². The van der Waals surface area contributed by atoms with Crippen LogP contribution in [0.4, 0.5) is 5.69 Å². The Bertz CT molecular complexity index is 1320. The van der Waals surface area contributed by atoms with Crippen molar-refractivity contribution in [3.05, 3.63) is 59.4 Å². The molecule has 10 heteroatoms. The Kier molecular flexibility index (Phi) is 7.01. The SMILES string of the molecule is Cc1cc2occ(CC(=O)OCC(=O)Nc3cccc(S(=O)(=O)N4CCOCC4)c3)c2cc1C. The van der Waals surface area contributed by atoms with Gasteiger partial charge in [0, 0.05) is 29.7 Å². The molecule has 2 heterocycles. The van der Waals surface area contributed by atoms with E-state index in [1.165, 1.54) is 22.7 Å². The van der Waals surface area contributed by atoms with Gasteiger partial charge in [-0.3, -0.25) is 9.59 Å². The Morgan fingerprint density at radius 1 is 1.09 bits per heavy atom. The maximum Gasteiger partial charge on any atom is 0.310 e. The monoisotopic (exact) mass is 486 g/mol. The number of rotatable bonds is 7. The fraction of sp³-hybridized carbons (Fsp3) is 0.333. The zero-order valence-electron chi connectivity index (χ0n) is 19.0. The van der Waals surface area contributed by atoms with Gasteiger partial charge in [-0.05, 0) is 55.3 Å². The van der Waals surface area contributed by atoms with Gasteiger partial charge in [-0.25, -0.2) is 8.42 Å². The summed E-state index contributed by atoms with van der Waals surface area (Å²) in [5.41, 5.74) is 3.84. The molecule has 1 aromatic heterocycles. The minimum absolute atomic E-state index is 0.0317. The molecule has 1 aliphatic rings. The van der Waals surface area contributed by atoms with Crippen LogP contribution in [0.3, 0.4) is 0 Å². The van der Waals surface area contributed by atoms with Gasteiger partial charge in [0.15, 0.2) is 6.61 Å². The number of nitrogens with one attached hydrogen (secondary N) is 1. The molecule has 1 N–H and O–H groups in total. The van der Waals surface area contributed by atoms with Crippen molar-refractivity contribution in [1.82, 2.24) is 4.31 Å². The van der Waals surface area contributed by atoms with Crippen LogP contribution in [0, 0.1) is 13.8 Å². The average Bonchev–Trinajstić information content (AvgIpc) is 3.19. The Labute approximate surface area is 197 Å². The molecule has 0 aliphatic carbocycles. The molecule has 1 amide bonds. The van der Waals surface area contributed by atoms with Crippen LogP contribution in [0.2, 0.25) is 0 Å². The number of hydrogen-bond acceptors (Lipinski definition) is 7. The summed E-state index contributed by atoms with van der Waals surface area (Å²) in [6.45, 7) is 4.71. The van der Waals surface area contributed by atoms with Crippen LogP contribution in [0.1, 0.15) is 16.7 Å². The number of carbonyl (C=O) groups excluding carboxylic acids is 2. The third-order valence-corrected chi connectivity index (χ3v) is 7.59. The van der Waals surface area contributed by atoms with Crippen molar-refractivity contribution in [1.29, 1.82) is 0 Å². The number of morpholine rings is 1. The van der Waals surface area contributed by atoms with Crippen LogP contribution in [-0.2, 0) is 35.5 Å². The van der Waals surface area contributed by atoms with Crippen LogP contribution in [0.25, 0.3) is 11.0 Å². The van der Waals surface area contributed by atoms with E-state index in [0.717, 1.165) is 16.5 Å². The van der Waals surface area contributed by atoms with Gasteiger partial charge < -0.3 is 19.2 Å². The highest BCUT2D eigenvalue weighted by molar-refractivity contribution is 7.89. The van der Waals surface area contributed by atoms with Gasteiger partial charge in [-0.1, -0.05) is 6.07 Å². The standard InChI is InChI=1S/C24H26N2O7S/c1-16-10-21-18(14-32-22(21)11-17(16)2)12-24(28)33-15-23(27)25-19-4-3-5-20(13-19)34(29,30)26-6-8-31-9-7-26/h3-5,10-11,13-14H,6-9,12,15H2,1-2H3,(H,25,27). The molecule has 180 valence electrons. The summed E-state index contributed by atoms with van der Waals surface area (Å²) in [4.78, 5) is 24.6. The lowest BCUT2D eigenvalue weighted by Crippen LogP contribution is -2.40. The zero-order chi connectivity index (χ0) is 24.3. The van der Waals surface area contributed by atoms with Gasteiger partial charge in [0.2, 0.25) is 10.0 Å². The second kappa shape index (κ2) is 9.96. The predicted molar refractivity (Wildman–Crippen MR) is 125 cm³/mol. The molecule has 2 aromatic carbocycles. The minimum atomic E-state index is -3.69. The zero-order valence-corrected chi connectivity index (χ0v) is 19.8. The molecule has 0 unspecified atom stereocenters. The van der Waals surface area contributed by atoms with E-state index in [1.807, 2.05) is 26.0 Å². The van der Waals surface area contributed by atoms with Crippen molar-refractivity contribution in [3.8, 4) is 0 Å². The highest BCUT2D eigenvalue weighted by atomic mass is 32.2. The summed E-state index contributed by atoms with van der Waals surface area (Å²) in [5, 5.41) is 3.41. The molecular formula is C24H26N2O7S. The number of aryl methyl sites for hydroxylation is 2. The maximum absolute atomic E-state index is 12.8. The third kappa shape index (κ3) is 5.30. The smallest absolute Gasteiger partial charge is 0.310 e. The van der Waals surface area contributed by atoms with Crippen LogP contribution < -0.4 is 5.32 Å². The van der Waals surface area contributed by atoms with Gasteiger partial charge in [0.1, 0.15) is 5.58 Å². The Morgan fingerprint density at radius 2 is 1.82 bits per heavy atom. The van der Waals surface area contributed by atoms with Gasteiger partial charge in [-0.2, -0.15) is 4.31 Å². The van der Waals surface area contributed by atoms with E-state index in [1.54, 1.807) is 12.1 Å². The minimum Gasteiger partial charge on any atom is -0.464 e. The number of amides is 1. The number of anilines is 1. The molecule has 0 radical (unpaired) electrons. The lowest BCUT2D eigenvalue weighted by Gasteiger charge is -2.26. The normalized spacial score (nSPS) is 14.8. The van der Waals surface area contributed by atoms with Gasteiger partial charge >= 0.3 is 5.97 Å². The number of ether oxygens (including phenoxy) is 2. The van der Waals surface area contributed by atoms with Crippen LogP contribution in [-0.4, -0.2) is 57.5 Å². The van der Waals surface area contributed by atoms with E-state index < -0.39 is 28.5 Å². The Hall–Kier alpha value is -3.21. The summed E-state index contributed by atoms with van der Waals surface area (Å²) < 4.78 is 42.8. The van der Waals surface area contributed by atoms with Crippen LogP contribution in [0.15, 0.2) is 52.0 Å². The lowest BCUT2D eigenvalue weighted by molar-refractivity contribution is -0.146. The first-order valence-corrected chi connectivity index (χ1v) is 12.3. The number of esters is 1. The fourth-order valence-corrected chi connectivity index (χ4v) is 5.15. The van der Waals surface area contributed by atoms with E-state index in [-0.39, 0.29) is 24.4 Å². The second-order valence-corrected chi connectivity index (χ2v) is 10.1. The Morgan fingerprint density at radius 3 is 2.59 bits per heavy atom. The summed E-state index contributed by atoms with van der Waals surface area (Å²) in [5.74, 6) is -1.14. The number of carbonyl (C=O) groups is 2. The number of benzene rings is 2. The summed E-state index contributed by atoms with van der Waals surface area (Å²) >= 11 is 0. The molecule has 0 atom stereocenters. The van der Waals surface area contributed by atoms with Crippen molar-refractivity contribution in [2.75, 3.05) is 38.2 Å². The van der Waals surface area contributed by atoms with Gasteiger partial charge in [-0.15, -0.1) is 0 Å². The summed E-state index contributed by atoms with van der Waals surface area (Å²) in [6.07, 6.45) is 1.49. The van der Waals surface area contributed by atoms with E-state index in [0.29, 0.717) is 30.0 Å². The molecule has 4 rings (SSSR count). The predicted octanol–water partition coefficient (Wildman–Crippen LogP) is 2.79. The maximum atomic E-state index is 12.8. The highest BCUT2D eigenvalue weighted by Gasteiger charge is 2.26. The molecule has 1 fully saturated rings. The molecule has 1 aliphatic heterocycles. The quantitative estimate of drug-likeness (QED) is 0.511. The molecule has 34 heavy (non-hydrogen) atoms. The summed E-state index contributed by atoms with van der Waals surface area (Å²) in [7, 11) is -3.69. The molecule has 0 saturated carbocycles. The average molecular weight is 487 g/mol. The van der Waals surface area contributed by atoms with Gasteiger partial charge in [0.05, 0.1) is 30.8 Å². The van der Waals surface area contributed by atoms with Crippen molar-refractivity contribution < 1.29 is 31.9 Å². The first-order valence-electron chi connectivity index (χ1n) is 10.8. The van der Waals surface area contributed by atoms with Gasteiger partial charge in [0.25, 0.3) is 5.91 Å². The van der Waals surface area contributed by atoms with Crippen molar-refractivity contribution in [2.24, 2.45) is 0 Å². The number of hydrogen-bond donors (Lipinski definition) is 1. The Balaban J connectivity index is 1.34. The van der Waals surface area contributed by atoms with E-state index >= 15 is 0 Å². The number of fused-ring (bicyclic) bond motifs is 1. The number of nitrogens with zero attached hydrogens (tertiary/aromatic N) is 1. The van der Waals surface area contributed by atoms with Crippen LogP contribution >= 0.6 is 0 Å². The summed E-state index contributed by atoms with van der Waals surface area (Å²) in [6, 6.07) is 9.84. The topological polar surface area (TPSA) is 115 Å². The molecule has 0 bridgehead atoms. The first-order chi connectivity index (χ1) is 16.2. The second-order valence-electron chi connectivity index (χ2n) is 8.12. The van der Waals surface area contributed by atoms with Crippen molar-refractivity contribution >= 4 is 38.6 Å². The van der Waals surface area contributed by atoms with E-state index in [2.05, 4.69) is 5.32 Å². The van der Waals surface area contributed by atoms with Crippen LogP contribution in [0.5, 0.6) is 0 Å². The molecule has 1 saturated heterocycles. The number of furan rings is 1. The molecule has 0 spiro atoms. The largest absolute Gasteiger partial charge is 0.464 e. The van der Waals surface area contributed by atoms with Crippen molar-refractivity contribution in [3.63, 3.8) is 0 Å². The lowest BCUT2D eigenvalue weighted by atomic mass is 10.0.